The average Bonchev–Trinajstić information content (AvgIpc) is 3.22. The van der Waals surface area contributed by atoms with Crippen molar-refractivity contribution in [1.29, 1.82) is 0 Å². The molecule has 3 heterocycles. The van der Waals surface area contributed by atoms with Crippen molar-refractivity contribution in [3.8, 4) is 16.9 Å². The summed E-state index contributed by atoms with van der Waals surface area (Å²) < 4.78 is 30.8. The highest BCUT2D eigenvalue weighted by Gasteiger charge is 2.13. The van der Waals surface area contributed by atoms with Gasteiger partial charge in [-0.15, -0.1) is 10.2 Å². The highest BCUT2D eigenvalue weighted by molar-refractivity contribution is 7.90. The number of pyridine rings is 2. The minimum atomic E-state index is -3.34. The molecule has 0 spiro atoms. The standard InChI is InChI=1S/C22H22N4O3S/c1-15-4-10-20(29-2)16(12-15)5-7-18-8-9-19(22-25-24-14-26(18)22)17-6-11-21(23-13-17)30(3,27)28/h4,6,8-14H,5,7H2,1-3H3. The number of fused-ring (bicyclic) bond motifs is 1. The van der Waals surface area contributed by atoms with Gasteiger partial charge in [0.25, 0.3) is 0 Å². The summed E-state index contributed by atoms with van der Waals surface area (Å²) in [7, 11) is -1.65. The molecule has 0 N–H and O–H groups in total. The number of ether oxygens (including phenoxy) is 1. The van der Waals surface area contributed by atoms with Crippen molar-refractivity contribution in [2.45, 2.75) is 24.8 Å². The van der Waals surface area contributed by atoms with Gasteiger partial charge in [-0.3, -0.25) is 4.40 Å². The zero-order valence-electron chi connectivity index (χ0n) is 17.0. The van der Waals surface area contributed by atoms with Crippen LogP contribution in [0.5, 0.6) is 5.75 Å². The van der Waals surface area contributed by atoms with E-state index in [4.69, 9.17) is 4.74 Å². The van der Waals surface area contributed by atoms with Crippen LogP contribution in [0.3, 0.4) is 0 Å². The first-order chi connectivity index (χ1) is 14.4. The third-order valence-electron chi connectivity index (χ3n) is 5.05. The van der Waals surface area contributed by atoms with Crippen molar-refractivity contribution in [1.82, 2.24) is 19.6 Å². The van der Waals surface area contributed by atoms with Gasteiger partial charge in [0.2, 0.25) is 0 Å². The van der Waals surface area contributed by atoms with Crippen LogP contribution in [0.4, 0.5) is 0 Å². The highest BCUT2D eigenvalue weighted by atomic mass is 32.2. The van der Waals surface area contributed by atoms with E-state index in [0.29, 0.717) is 5.65 Å². The number of sulfone groups is 1. The molecule has 0 fully saturated rings. The molecule has 0 amide bonds. The number of aryl methyl sites for hydroxylation is 3. The molecule has 4 rings (SSSR count). The highest BCUT2D eigenvalue weighted by Crippen LogP contribution is 2.26. The Balaban J connectivity index is 1.66. The molecule has 0 aliphatic rings. The zero-order chi connectivity index (χ0) is 21.3. The maximum Gasteiger partial charge on any atom is 0.192 e. The fourth-order valence-electron chi connectivity index (χ4n) is 3.52. The first-order valence-corrected chi connectivity index (χ1v) is 11.4. The van der Waals surface area contributed by atoms with Gasteiger partial charge in [0.15, 0.2) is 20.5 Å². The molecule has 8 heteroatoms. The van der Waals surface area contributed by atoms with E-state index in [0.717, 1.165) is 47.2 Å². The van der Waals surface area contributed by atoms with Crippen LogP contribution in [-0.4, -0.2) is 41.4 Å². The molecular weight excluding hydrogens is 400 g/mol. The van der Waals surface area contributed by atoms with Crippen molar-refractivity contribution in [3.63, 3.8) is 0 Å². The van der Waals surface area contributed by atoms with E-state index < -0.39 is 9.84 Å². The fraction of sp³-hybridized carbons (Fsp3) is 0.227. The Bertz CT molecular complexity index is 1310. The molecule has 0 unspecified atom stereocenters. The molecular formula is C22H22N4O3S. The largest absolute Gasteiger partial charge is 0.496 e. The molecule has 30 heavy (non-hydrogen) atoms. The van der Waals surface area contributed by atoms with Crippen molar-refractivity contribution >= 4 is 15.5 Å². The summed E-state index contributed by atoms with van der Waals surface area (Å²) in [6.45, 7) is 2.07. The molecule has 0 bridgehead atoms. The summed E-state index contributed by atoms with van der Waals surface area (Å²) in [6.07, 6.45) is 6.00. The van der Waals surface area contributed by atoms with Gasteiger partial charge in [0, 0.05) is 29.3 Å². The van der Waals surface area contributed by atoms with Crippen LogP contribution in [0, 0.1) is 6.92 Å². The van der Waals surface area contributed by atoms with Gasteiger partial charge in [-0.05, 0) is 55.7 Å². The van der Waals surface area contributed by atoms with E-state index in [-0.39, 0.29) is 5.03 Å². The predicted octanol–water partition coefficient (Wildman–Crippen LogP) is 3.30. The monoisotopic (exact) mass is 422 g/mol. The Morgan fingerprint density at radius 3 is 2.60 bits per heavy atom. The summed E-state index contributed by atoms with van der Waals surface area (Å²) in [4.78, 5) is 4.08. The molecule has 0 saturated carbocycles. The van der Waals surface area contributed by atoms with Crippen LogP contribution in [0.15, 0.2) is 60.0 Å². The number of nitrogens with zero attached hydrogens (tertiary/aromatic N) is 4. The molecule has 0 aliphatic carbocycles. The summed E-state index contributed by atoms with van der Waals surface area (Å²) in [5.41, 5.74) is 5.76. The molecule has 154 valence electrons. The van der Waals surface area contributed by atoms with Crippen molar-refractivity contribution < 1.29 is 13.2 Å². The molecule has 1 aromatic carbocycles. The van der Waals surface area contributed by atoms with Gasteiger partial charge < -0.3 is 4.74 Å². The quantitative estimate of drug-likeness (QED) is 0.474. The lowest BCUT2D eigenvalue weighted by atomic mass is 10.0. The minimum Gasteiger partial charge on any atom is -0.496 e. The lowest BCUT2D eigenvalue weighted by Gasteiger charge is -2.12. The second-order valence-electron chi connectivity index (χ2n) is 7.24. The van der Waals surface area contributed by atoms with E-state index >= 15 is 0 Å². The summed E-state index contributed by atoms with van der Waals surface area (Å²) in [6, 6.07) is 13.4. The van der Waals surface area contributed by atoms with Crippen LogP contribution in [0.25, 0.3) is 16.8 Å². The Hall–Kier alpha value is -3.26. The Kier molecular flexibility index (Phi) is 5.26. The number of aromatic nitrogens is 4. The fourth-order valence-corrected chi connectivity index (χ4v) is 4.08. The lowest BCUT2D eigenvalue weighted by Crippen LogP contribution is -2.02. The first-order valence-electron chi connectivity index (χ1n) is 9.48. The molecule has 7 nitrogen and oxygen atoms in total. The van der Waals surface area contributed by atoms with Crippen LogP contribution < -0.4 is 4.74 Å². The van der Waals surface area contributed by atoms with Crippen molar-refractivity contribution in [3.05, 3.63) is 71.8 Å². The molecule has 0 radical (unpaired) electrons. The van der Waals surface area contributed by atoms with Crippen molar-refractivity contribution in [2.24, 2.45) is 0 Å². The maximum absolute atomic E-state index is 11.7. The van der Waals surface area contributed by atoms with Gasteiger partial charge in [-0.2, -0.15) is 0 Å². The number of rotatable bonds is 6. The van der Waals surface area contributed by atoms with E-state index in [2.05, 4.69) is 28.2 Å². The Morgan fingerprint density at radius 2 is 1.90 bits per heavy atom. The predicted molar refractivity (Wildman–Crippen MR) is 114 cm³/mol. The maximum atomic E-state index is 11.7. The SMILES string of the molecule is COc1ccc(C)cc1CCc1ccc(-c2ccc(S(C)(=O)=O)nc2)c2nncn12. The van der Waals surface area contributed by atoms with Crippen LogP contribution in [0.2, 0.25) is 0 Å². The van der Waals surface area contributed by atoms with Crippen molar-refractivity contribution in [2.75, 3.05) is 13.4 Å². The topological polar surface area (TPSA) is 86.5 Å². The van der Waals surface area contributed by atoms with Gasteiger partial charge >= 0.3 is 0 Å². The van der Waals surface area contributed by atoms with Gasteiger partial charge in [-0.1, -0.05) is 17.7 Å². The Morgan fingerprint density at radius 1 is 1.07 bits per heavy atom. The summed E-state index contributed by atoms with van der Waals surface area (Å²) >= 11 is 0. The second-order valence-corrected chi connectivity index (χ2v) is 9.20. The van der Waals surface area contributed by atoms with Crippen LogP contribution in [-0.2, 0) is 22.7 Å². The third kappa shape index (κ3) is 3.91. The van der Waals surface area contributed by atoms with E-state index in [1.165, 1.54) is 11.6 Å². The van der Waals surface area contributed by atoms with E-state index in [1.807, 2.05) is 28.7 Å². The number of methoxy groups -OCH3 is 1. The average molecular weight is 423 g/mol. The van der Waals surface area contributed by atoms with E-state index in [1.54, 1.807) is 25.7 Å². The minimum absolute atomic E-state index is 0.0486. The summed E-state index contributed by atoms with van der Waals surface area (Å²) in [5.74, 6) is 0.884. The molecule has 0 atom stereocenters. The molecule has 0 aliphatic heterocycles. The molecule has 3 aromatic heterocycles. The Labute approximate surface area is 175 Å². The van der Waals surface area contributed by atoms with Gasteiger partial charge in [0.05, 0.1) is 7.11 Å². The first kappa shape index (κ1) is 20.0. The smallest absolute Gasteiger partial charge is 0.192 e. The zero-order valence-corrected chi connectivity index (χ0v) is 17.8. The third-order valence-corrected chi connectivity index (χ3v) is 6.06. The number of hydrogen-bond donors (Lipinski definition) is 0. The van der Waals surface area contributed by atoms with Crippen LogP contribution in [0.1, 0.15) is 16.8 Å². The summed E-state index contributed by atoms with van der Waals surface area (Å²) in [5, 5.41) is 8.40. The van der Waals surface area contributed by atoms with E-state index in [9.17, 15) is 8.42 Å². The number of hydrogen-bond acceptors (Lipinski definition) is 6. The van der Waals surface area contributed by atoms with Gasteiger partial charge in [-0.25, -0.2) is 13.4 Å². The normalized spacial score (nSPS) is 11.7. The van der Waals surface area contributed by atoms with Gasteiger partial charge in [0.1, 0.15) is 12.1 Å². The number of benzene rings is 1. The van der Waals surface area contributed by atoms with Crippen LogP contribution >= 0.6 is 0 Å². The molecule has 0 saturated heterocycles. The second kappa shape index (κ2) is 7.87. The molecule has 4 aromatic rings. The lowest BCUT2D eigenvalue weighted by molar-refractivity contribution is 0.409.